The molecule has 2 saturated carbocycles. The zero-order valence-corrected chi connectivity index (χ0v) is 16.4. The van der Waals surface area contributed by atoms with Crippen molar-refractivity contribution in [1.82, 2.24) is 0 Å². The maximum absolute atomic E-state index is 13.2. The van der Waals surface area contributed by atoms with Gasteiger partial charge in [0.1, 0.15) is 5.82 Å². The Morgan fingerprint density at radius 1 is 1.03 bits per heavy atom. The monoisotopic (exact) mass is 392 g/mol. The molecule has 1 aliphatic heterocycles. The van der Waals surface area contributed by atoms with E-state index >= 15 is 0 Å². The van der Waals surface area contributed by atoms with Crippen molar-refractivity contribution >= 4 is 23.2 Å². The van der Waals surface area contributed by atoms with Crippen LogP contribution in [-0.2, 0) is 21.4 Å². The van der Waals surface area contributed by atoms with E-state index in [4.69, 9.17) is 0 Å². The first-order valence-corrected chi connectivity index (χ1v) is 10.6. The largest absolute Gasteiger partial charge is 0.325 e. The molecule has 2 aliphatic carbocycles. The third kappa shape index (κ3) is 3.22. The first kappa shape index (κ1) is 18.3. The van der Waals surface area contributed by atoms with E-state index in [1.807, 2.05) is 17.0 Å². The fourth-order valence-electron chi connectivity index (χ4n) is 4.64. The molecule has 0 bridgehead atoms. The lowest BCUT2D eigenvalue weighted by molar-refractivity contribution is -0.124. The van der Waals surface area contributed by atoms with Gasteiger partial charge in [0.15, 0.2) is 0 Å². The Morgan fingerprint density at radius 3 is 2.45 bits per heavy atom. The van der Waals surface area contributed by atoms with Crippen LogP contribution in [0.25, 0.3) is 0 Å². The number of hydrogen-bond donors (Lipinski definition) is 1. The minimum Gasteiger partial charge on any atom is -0.325 e. The molecule has 29 heavy (non-hydrogen) atoms. The number of amides is 2. The van der Waals surface area contributed by atoms with Crippen LogP contribution in [0.2, 0.25) is 0 Å². The van der Waals surface area contributed by atoms with Crippen molar-refractivity contribution < 1.29 is 14.0 Å². The van der Waals surface area contributed by atoms with Gasteiger partial charge in [-0.05, 0) is 80.0 Å². The second-order valence-electron chi connectivity index (χ2n) is 8.61. The van der Waals surface area contributed by atoms with Gasteiger partial charge in [0, 0.05) is 23.8 Å². The summed E-state index contributed by atoms with van der Waals surface area (Å²) in [6, 6.07) is 12.1. The van der Waals surface area contributed by atoms with Gasteiger partial charge in [0.05, 0.1) is 5.41 Å². The molecule has 2 fully saturated rings. The summed E-state index contributed by atoms with van der Waals surface area (Å²) in [5.74, 6) is 0.115. The Morgan fingerprint density at radius 2 is 1.79 bits per heavy atom. The molecule has 0 atom stereocenters. The van der Waals surface area contributed by atoms with Crippen LogP contribution in [0, 0.1) is 11.7 Å². The van der Waals surface area contributed by atoms with E-state index in [-0.39, 0.29) is 23.5 Å². The van der Waals surface area contributed by atoms with Gasteiger partial charge in [-0.2, -0.15) is 0 Å². The molecule has 0 radical (unpaired) electrons. The fourth-order valence-corrected chi connectivity index (χ4v) is 4.64. The Kier molecular flexibility index (Phi) is 4.41. The van der Waals surface area contributed by atoms with Gasteiger partial charge < -0.3 is 10.2 Å². The molecule has 4 nitrogen and oxygen atoms in total. The molecule has 1 N–H and O–H groups in total. The van der Waals surface area contributed by atoms with Gasteiger partial charge >= 0.3 is 0 Å². The van der Waals surface area contributed by atoms with Crippen molar-refractivity contribution in [3.05, 3.63) is 59.4 Å². The highest BCUT2D eigenvalue weighted by Crippen LogP contribution is 2.46. The smallest absolute Gasteiger partial charge is 0.235 e. The van der Waals surface area contributed by atoms with E-state index in [0.29, 0.717) is 5.69 Å². The minimum absolute atomic E-state index is 0.0305. The zero-order valence-electron chi connectivity index (χ0n) is 16.4. The highest BCUT2D eigenvalue weighted by Gasteiger charge is 2.46. The summed E-state index contributed by atoms with van der Waals surface area (Å²) < 4.78 is 13.2. The molecule has 2 aromatic rings. The molecule has 3 aliphatic rings. The van der Waals surface area contributed by atoms with Crippen LogP contribution in [0.5, 0.6) is 0 Å². The van der Waals surface area contributed by atoms with Crippen molar-refractivity contribution in [3.8, 4) is 0 Å². The molecule has 2 amide bonds. The average molecular weight is 392 g/mol. The first-order valence-electron chi connectivity index (χ1n) is 10.6. The Hall–Kier alpha value is -2.69. The van der Waals surface area contributed by atoms with E-state index < -0.39 is 5.41 Å². The highest BCUT2D eigenvalue weighted by molar-refractivity contribution is 6.00. The summed E-state index contributed by atoms with van der Waals surface area (Å²) in [6.45, 7) is 0.790. The van der Waals surface area contributed by atoms with Gasteiger partial charge in [-0.25, -0.2) is 4.39 Å². The van der Waals surface area contributed by atoms with Crippen molar-refractivity contribution in [2.75, 3.05) is 16.8 Å². The number of nitrogens with zero attached hydrogens (tertiary/aromatic N) is 1. The van der Waals surface area contributed by atoms with Crippen LogP contribution in [0.15, 0.2) is 42.5 Å². The quantitative estimate of drug-likeness (QED) is 0.828. The van der Waals surface area contributed by atoms with E-state index in [2.05, 4.69) is 11.4 Å². The third-order valence-corrected chi connectivity index (χ3v) is 6.69. The van der Waals surface area contributed by atoms with Crippen molar-refractivity contribution in [2.45, 2.75) is 50.4 Å². The number of benzene rings is 2. The summed E-state index contributed by atoms with van der Waals surface area (Å²) in [5.41, 5.74) is 3.30. The van der Waals surface area contributed by atoms with Crippen LogP contribution in [-0.4, -0.2) is 18.4 Å². The van der Waals surface area contributed by atoms with Crippen LogP contribution in [0.4, 0.5) is 15.8 Å². The molecule has 2 aromatic carbocycles. The number of carbonyl (C=O) groups is 2. The number of carbonyl (C=O) groups excluding carboxylic acids is 2. The summed E-state index contributed by atoms with van der Waals surface area (Å²) in [6.07, 6.45) is 6.55. The molecule has 150 valence electrons. The lowest BCUT2D eigenvalue weighted by atomic mass is 9.63. The second kappa shape index (κ2) is 6.97. The van der Waals surface area contributed by atoms with Crippen LogP contribution in [0.3, 0.4) is 0 Å². The molecule has 0 unspecified atom stereocenters. The molecular weight excluding hydrogens is 367 g/mol. The summed E-state index contributed by atoms with van der Waals surface area (Å²) in [5, 5.41) is 2.97. The summed E-state index contributed by atoms with van der Waals surface area (Å²) in [4.78, 5) is 27.8. The second-order valence-corrected chi connectivity index (χ2v) is 8.61. The van der Waals surface area contributed by atoms with Gasteiger partial charge in [0.2, 0.25) is 11.8 Å². The van der Waals surface area contributed by atoms with E-state index in [9.17, 15) is 14.0 Å². The van der Waals surface area contributed by atoms with E-state index in [0.717, 1.165) is 62.7 Å². The molecule has 5 rings (SSSR count). The van der Waals surface area contributed by atoms with E-state index in [1.54, 1.807) is 12.1 Å². The predicted molar refractivity (Wildman–Crippen MR) is 110 cm³/mol. The Balaban J connectivity index is 1.42. The normalized spacial score (nSPS) is 19.8. The van der Waals surface area contributed by atoms with Gasteiger partial charge in [0.25, 0.3) is 0 Å². The maximum atomic E-state index is 13.2. The SMILES string of the molecule is O=C(C1CC1)N1CCCc2cc(C3(C(=O)Nc4ccc(F)cc4)CCC3)ccc21. The Bertz CT molecular complexity index is 961. The number of fused-ring (bicyclic) bond motifs is 1. The fraction of sp³-hybridized carbons (Fsp3) is 0.417. The lowest BCUT2D eigenvalue weighted by Gasteiger charge is -2.41. The highest BCUT2D eigenvalue weighted by atomic mass is 19.1. The van der Waals surface area contributed by atoms with Crippen molar-refractivity contribution in [2.24, 2.45) is 5.92 Å². The zero-order chi connectivity index (χ0) is 20.0. The van der Waals surface area contributed by atoms with Crippen LogP contribution >= 0.6 is 0 Å². The first-order chi connectivity index (χ1) is 14.1. The summed E-state index contributed by atoms with van der Waals surface area (Å²) in [7, 11) is 0. The molecule has 0 saturated heterocycles. The minimum atomic E-state index is -0.536. The number of aryl methyl sites for hydroxylation is 1. The van der Waals surface area contributed by atoms with Gasteiger partial charge in [-0.3, -0.25) is 9.59 Å². The van der Waals surface area contributed by atoms with Crippen molar-refractivity contribution in [3.63, 3.8) is 0 Å². The number of nitrogens with one attached hydrogen (secondary N) is 1. The lowest BCUT2D eigenvalue weighted by Crippen LogP contribution is -2.46. The molecule has 0 spiro atoms. The number of rotatable bonds is 4. The van der Waals surface area contributed by atoms with Gasteiger partial charge in [-0.1, -0.05) is 18.6 Å². The Labute approximate surface area is 170 Å². The standard InChI is InChI=1S/C24H25FN2O2/c25-19-7-9-20(10-8-19)26-23(29)24(12-2-13-24)18-6-11-21-17(15-18)3-1-14-27(21)22(28)16-4-5-16/h6-11,15-16H,1-5,12-14H2,(H,26,29). The summed E-state index contributed by atoms with van der Waals surface area (Å²) >= 11 is 0. The van der Waals surface area contributed by atoms with Crippen molar-refractivity contribution in [1.29, 1.82) is 0 Å². The van der Waals surface area contributed by atoms with E-state index in [1.165, 1.54) is 17.7 Å². The molecular formula is C24H25FN2O2. The molecule has 1 heterocycles. The number of halogens is 1. The third-order valence-electron chi connectivity index (χ3n) is 6.69. The topological polar surface area (TPSA) is 49.4 Å². The molecule has 0 aromatic heterocycles. The van der Waals surface area contributed by atoms with Crippen LogP contribution < -0.4 is 10.2 Å². The van der Waals surface area contributed by atoms with Crippen LogP contribution in [0.1, 0.15) is 49.7 Å². The van der Waals surface area contributed by atoms with Gasteiger partial charge in [-0.15, -0.1) is 0 Å². The predicted octanol–water partition coefficient (Wildman–Crippen LogP) is 4.58. The number of anilines is 2. The average Bonchev–Trinajstić information content (AvgIpc) is 3.53. The number of hydrogen-bond acceptors (Lipinski definition) is 2. The maximum Gasteiger partial charge on any atom is 0.235 e. The molecule has 5 heteroatoms.